The number of aryl methyl sites for hydroxylation is 1. The Morgan fingerprint density at radius 3 is 2.32 bits per heavy atom. The Hall–Kier alpha value is -1.56. The SMILES string of the molecule is CC(=O)CCc1ccc(OCCOC(F)(F)F)cc1. The third-order valence-corrected chi connectivity index (χ3v) is 2.31. The fourth-order valence-corrected chi connectivity index (χ4v) is 1.39. The number of Topliss-reactive ketones (excluding diaryl/α,β-unsaturated/α-hetero) is 1. The summed E-state index contributed by atoms with van der Waals surface area (Å²) in [6.07, 6.45) is -3.51. The molecule has 0 aliphatic heterocycles. The van der Waals surface area contributed by atoms with Crippen molar-refractivity contribution in [2.75, 3.05) is 13.2 Å². The van der Waals surface area contributed by atoms with E-state index in [1.165, 1.54) is 6.92 Å². The normalized spacial score (nSPS) is 11.4. The number of rotatable bonds is 7. The van der Waals surface area contributed by atoms with Crippen molar-refractivity contribution >= 4 is 5.78 Å². The minimum atomic E-state index is -4.63. The van der Waals surface area contributed by atoms with Gasteiger partial charge in [0.25, 0.3) is 0 Å². The Morgan fingerprint density at radius 2 is 1.79 bits per heavy atom. The van der Waals surface area contributed by atoms with Gasteiger partial charge in [-0.15, -0.1) is 13.2 Å². The van der Waals surface area contributed by atoms with Gasteiger partial charge in [0.2, 0.25) is 0 Å². The highest BCUT2D eigenvalue weighted by Crippen LogP contribution is 2.16. The number of benzene rings is 1. The first kappa shape index (κ1) is 15.5. The minimum Gasteiger partial charge on any atom is -0.491 e. The van der Waals surface area contributed by atoms with Crippen molar-refractivity contribution in [1.29, 1.82) is 0 Å². The lowest BCUT2D eigenvalue weighted by atomic mass is 10.1. The van der Waals surface area contributed by atoms with Crippen molar-refractivity contribution in [1.82, 2.24) is 0 Å². The molecule has 6 heteroatoms. The maximum Gasteiger partial charge on any atom is 0.522 e. The molecule has 3 nitrogen and oxygen atoms in total. The molecular weight excluding hydrogens is 261 g/mol. The number of carbonyl (C=O) groups excluding carboxylic acids is 1. The molecule has 1 rings (SSSR count). The van der Waals surface area contributed by atoms with Crippen molar-refractivity contribution in [3.63, 3.8) is 0 Å². The monoisotopic (exact) mass is 276 g/mol. The first-order valence-corrected chi connectivity index (χ1v) is 5.79. The number of carbonyl (C=O) groups is 1. The van der Waals surface area contributed by atoms with E-state index in [-0.39, 0.29) is 12.4 Å². The summed E-state index contributed by atoms with van der Waals surface area (Å²) in [4.78, 5) is 10.8. The predicted octanol–water partition coefficient (Wildman–Crippen LogP) is 3.12. The first-order valence-electron chi connectivity index (χ1n) is 5.79. The van der Waals surface area contributed by atoms with Gasteiger partial charge < -0.3 is 9.53 Å². The van der Waals surface area contributed by atoms with E-state index in [1.54, 1.807) is 24.3 Å². The lowest BCUT2D eigenvalue weighted by Crippen LogP contribution is -2.18. The number of alkyl halides is 3. The quantitative estimate of drug-likeness (QED) is 0.718. The molecule has 0 fully saturated rings. The van der Waals surface area contributed by atoms with Crippen molar-refractivity contribution in [3.8, 4) is 5.75 Å². The standard InChI is InChI=1S/C13H15F3O3/c1-10(17)2-3-11-4-6-12(7-5-11)18-8-9-19-13(14,15)16/h4-7H,2-3,8-9H2,1H3. The average Bonchev–Trinajstić information content (AvgIpc) is 2.32. The van der Waals surface area contributed by atoms with Gasteiger partial charge in [-0.1, -0.05) is 12.1 Å². The van der Waals surface area contributed by atoms with Crippen molar-refractivity contribution in [2.24, 2.45) is 0 Å². The topological polar surface area (TPSA) is 35.5 Å². The molecule has 19 heavy (non-hydrogen) atoms. The average molecular weight is 276 g/mol. The number of hydrogen-bond acceptors (Lipinski definition) is 3. The van der Waals surface area contributed by atoms with Crippen molar-refractivity contribution < 1.29 is 27.4 Å². The summed E-state index contributed by atoms with van der Waals surface area (Å²) >= 11 is 0. The second kappa shape index (κ2) is 7.13. The van der Waals surface area contributed by atoms with E-state index in [0.717, 1.165) is 5.56 Å². The summed E-state index contributed by atoms with van der Waals surface area (Å²) in [6.45, 7) is 0.806. The van der Waals surface area contributed by atoms with E-state index >= 15 is 0 Å². The van der Waals surface area contributed by atoms with Gasteiger partial charge in [-0.05, 0) is 31.0 Å². The van der Waals surface area contributed by atoms with Gasteiger partial charge in [0.15, 0.2) is 0 Å². The lowest BCUT2D eigenvalue weighted by molar-refractivity contribution is -0.325. The molecule has 0 saturated carbocycles. The van der Waals surface area contributed by atoms with E-state index in [4.69, 9.17) is 4.74 Å². The zero-order valence-corrected chi connectivity index (χ0v) is 10.5. The number of ketones is 1. The van der Waals surface area contributed by atoms with Crippen LogP contribution in [0.5, 0.6) is 5.75 Å². The van der Waals surface area contributed by atoms with Crippen molar-refractivity contribution in [3.05, 3.63) is 29.8 Å². The summed E-state index contributed by atoms with van der Waals surface area (Å²) in [5, 5.41) is 0. The molecule has 0 amide bonds. The van der Waals surface area contributed by atoms with E-state index in [2.05, 4.69) is 4.74 Å². The van der Waals surface area contributed by atoms with E-state index < -0.39 is 13.0 Å². The molecule has 0 N–H and O–H groups in total. The van der Waals surface area contributed by atoms with E-state index in [9.17, 15) is 18.0 Å². The molecule has 1 aromatic rings. The number of hydrogen-bond donors (Lipinski definition) is 0. The van der Waals surface area contributed by atoms with Gasteiger partial charge in [-0.25, -0.2) is 0 Å². The summed E-state index contributed by atoms with van der Waals surface area (Å²) in [5.41, 5.74) is 0.981. The summed E-state index contributed by atoms with van der Waals surface area (Å²) in [7, 11) is 0. The van der Waals surface area contributed by atoms with E-state index in [1.807, 2.05) is 0 Å². The van der Waals surface area contributed by atoms with Gasteiger partial charge in [-0.2, -0.15) is 0 Å². The van der Waals surface area contributed by atoms with Crippen LogP contribution in [-0.2, 0) is 16.0 Å². The molecule has 0 unspecified atom stereocenters. The number of ether oxygens (including phenoxy) is 2. The third kappa shape index (κ3) is 7.46. The molecule has 1 aromatic carbocycles. The Bertz CT molecular complexity index is 399. The molecule has 0 aliphatic carbocycles. The highest BCUT2D eigenvalue weighted by Gasteiger charge is 2.28. The van der Waals surface area contributed by atoms with Crippen LogP contribution in [0, 0.1) is 0 Å². The fourth-order valence-electron chi connectivity index (χ4n) is 1.39. The lowest BCUT2D eigenvalue weighted by Gasteiger charge is -2.09. The van der Waals surface area contributed by atoms with Crippen LogP contribution < -0.4 is 4.74 Å². The Labute approximate surface area is 109 Å². The highest BCUT2D eigenvalue weighted by molar-refractivity contribution is 5.75. The molecule has 106 valence electrons. The Morgan fingerprint density at radius 1 is 1.16 bits per heavy atom. The smallest absolute Gasteiger partial charge is 0.491 e. The van der Waals surface area contributed by atoms with Crippen LogP contribution in [0.15, 0.2) is 24.3 Å². The minimum absolute atomic E-state index is 0.115. The number of halogens is 3. The second-order valence-electron chi connectivity index (χ2n) is 3.99. The maximum atomic E-state index is 11.7. The maximum absolute atomic E-state index is 11.7. The first-order chi connectivity index (χ1) is 8.87. The van der Waals surface area contributed by atoms with Crippen LogP contribution in [0.2, 0.25) is 0 Å². The predicted molar refractivity (Wildman–Crippen MR) is 62.9 cm³/mol. The zero-order valence-electron chi connectivity index (χ0n) is 10.5. The van der Waals surface area contributed by atoms with Gasteiger partial charge in [0, 0.05) is 6.42 Å². The fraction of sp³-hybridized carbons (Fsp3) is 0.462. The molecule has 0 atom stereocenters. The van der Waals surface area contributed by atoms with Crippen LogP contribution in [-0.4, -0.2) is 25.4 Å². The van der Waals surface area contributed by atoms with Crippen molar-refractivity contribution in [2.45, 2.75) is 26.1 Å². The molecule has 0 saturated heterocycles. The summed E-state index contributed by atoms with van der Waals surface area (Å²) in [5.74, 6) is 0.585. The molecule has 0 bridgehead atoms. The summed E-state index contributed by atoms with van der Waals surface area (Å²) < 4.78 is 43.7. The second-order valence-corrected chi connectivity index (χ2v) is 3.99. The Balaban J connectivity index is 2.30. The van der Waals surface area contributed by atoms with Gasteiger partial charge >= 0.3 is 6.36 Å². The van der Waals surface area contributed by atoms with Crippen LogP contribution in [0.4, 0.5) is 13.2 Å². The summed E-state index contributed by atoms with van der Waals surface area (Å²) in [6, 6.07) is 6.87. The van der Waals surface area contributed by atoms with Gasteiger partial charge in [0.1, 0.15) is 18.1 Å². The van der Waals surface area contributed by atoms with Gasteiger partial charge in [0.05, 0.1) is 6.61 Å². The molecule has 0 spiro atoms. The largest absolute Gasteiger partial charge is 0.522 e. The molecule has 0 heterocycles. The Kier molecular flexibility index (Phi) is 5.82. The highest BCUT2D eigenvalue weighted by atomic mass is 19.4. The van der Waals surface area contributed by atoms with Gasteiger partial charge in [-0.3, -0.25) is 4.74 Å². The van der Waals surface area contributed by atoms with E-state index in [0.29, 0.717) is 18.6 Å². The molecular formula is C13H15F3O3. The van der Waals surface area contributed by atoms with Crippen LogP contribution in [0.3, 0.4) is 0 Å². The molecule has 0 aliphatic rings. The third-order valence-electron chi connectivity index (χ3n) is 2.31. The van der Waals surface area contributed by atoms with Crippen LogP contribution in [0.1, 0.15) is 18.9 Å². The van der Waals surface area contributed by atoms with Crippen LogP contribution in [0.25, 0.3) is 0 Å². The van der Waals surface area contributed by atoms with Crippen LogP contribution >= 0.6 is 0 Å². The molecule has 0 radical (unpaired) electrons. The molecule has 0 aromatic heterocycles. The zero-order chi connectivity index (χ0) is 14.3.